The maximum Gasteiger partial charge on any atom is 0.271 e. The standard InChI is InChI=1S/C22H19Br2N3O4/c1-12-6-15(13(2)27(12)16-4-5-19-20(9-16)31-11-30-19)10-25-26-22(28)14-7-17(23)21(29-3)18(24)8-14/h4-10H,11H2,1-3H3,(H,26,28)/b25-10-. The van der Waals surface area contributed by atoms with Gasteiger partial charge in [-0.05, 0) is 76.0 Å². The van der Waals surface area contributed by atoms with E-state index in [1.54, 1.807) is 25.5 Å². The zero-order valence-corrected chi connectivity index (χ0v) is 20.2. The number of hydrogen-bond acceptors (Lipinski definition) is 5. The van der Waals surface area contributed by atoms with Crippen LogP contribution in [0.3, 0.4) is 0 Å². The number of hydrazone groups is 1. The molecule has 0 radical (unpaired) electrons. The van der Waals surface area contributed by atoms with E-state index < -0.39 is 0 Å². The largest absolute Gasteiger partial charge is 0.494 e. The number of carbonyl (C=O) groups excluding carboxylic acids is 1. The third-order valence-electron chi connectivity index (χ3n) is 4.92. The average Bonchev–Trinajstić information content (AvgIpc) is 3.31. The molecule has 1 aromatic heterocycles. The number of aromatic nitrogens is 1. The Balaban J connectivity index is 1.53. The number of aryl methyl sites for hydroxylation is 1. The molecule has 31 heavy (non-hydrogen) atoms. The number of fused-ring (bicyclic) bond motifs is 1. The van der Waals surface area contributed by atoms with Crippen molar-refractivity contribution in [3.8, 4) is 22.9 Å². The van der Waals surface area contributed by atoms with Crippen LogP contribution in [0, 0.1) is 13.8 Å². The summed E-state index contributed by atoms with van der Waals surface area (Å²) in [5.41, 5.74) is 6.91. The van der Waals surface area contributed by atoms with Crippen molar-refractivity contribution in [3.05, 3.63) is 67.9 Å². The van der Waals surface area contributed by atoms with Crippen molar-refractivity contribution in [1.82, 2.24) is 9.99 Å². The SMILES string of the molecule is COc1c(Br)cc(C(=O)N/N=C\c2cc(C)n(-c3ccc4c(c3)OCO4)c2C)cc1Br. The second-order valence-corrected chi connectivity index (χ2v) is 8.58. The normalized spacial score (nSPS) is 12.4. The van der Waals surface area contributed by atoms with Gasteiger partial charge in [0.2, 0.25) is 6.79 Å². The van der Waals surface area contributed by atoms with E-state index in [-0.39, 0.29) is 12.7 Å². The molecule has 7 nitrogen and oxygen atoms in total. The van der Waals surface area contributed by atoms with E-state index in [0.717, 1.165) is 34.1 Å². The van der Waals surface area contributed by atoms with E-state index in [9.17, 15) is 4.79 Å². The van der Waals surface area contributed by atoms with Gasteiger partial charge in [-0.2, -0.15) is 5.10 Å². The third kappa shape index (κ3) is 4.20. The molecular formula is C22H19Br2N3O4. The first-order chi connectivity index (χ1) is 14.9. The highest BCUT2D eigenvalue weighted by Gasteiger charge is 2.17. The highest BCUT2D eigenvalue weighted by atomic mass is 79.9. The molecule has 0 bridgehead atoms. The van der Waals surface area contributed by atoms with Crippen LogP contribution in [0.4, 0.5) is 0 Å². The van der Waals surface area contributed by atoms with Gasteiger partial charge in [0, 0.05) is 34.3 Å². The highest BCUT2D eigenvalue weighted by molar-refractivity contribution is 9.11. The van der Waals surface area contributed by atoms with Crippen LogP contribution in [0.2, 0.25) is 0 Å². The molecule has 0 fully saturated rings. The molecule has 160 valence electrons. The maximum absolute atomic E-state index is 12.5. The number of nitrogens with one attached hydrogen (secondary N) is 1. The van der Waals surface area contributed by atoms with Crippen LogP contribution < -0.4 is 19.6 Å². The minimum atomic E-state index is -0.329. The van der Waals surface area contributed by atoms with Gasteiger partial charge in [0.15, 0.2) is 11.5 Å². The van der Waals surface area contributed by atoms with Crippen LogP contribution >= 0.6 is 31.9 Å². The Bertz CT molecular complexity index is 1180. The summed E-state index contributed by atoms with van der Waals surface area (Å²) in [6.07, 6.45) is 1.64. The quantitative estimate of drug-likeness (QED) is 0.355. The zero-order chi connectivity index (χ0) is 22.1. The minimum absolute atomic E-state index is 0.237. The van der Waals surface area contributed by atoms with Crippen LogP contribution in [-0.4, -0.2) is 30.6 Å². The van der Waals surface area contributed by atoms with Crippen molar-refractivity contribution in [3.63, 3.8) is 0 Å². The van der Waals surface area contributed by atoms with Gasteiger partial charge in [-0.25, -0.2) is 5.43 Å². The second kappa shape index (κ2) is 8.76. The van der Waals surface area contributed by atoms with Gasteiger partial charge in [-0.3, -0.25) is 4.79 Å². The van der Waals surface area contributed by atoms with Crippen molar-refractivity contribution >= 4 is 44.0 Å². The minimum Gasteiger partial charge on any atom is -0.494 e. The topological polar surface area (TPSA) is 74.1 Å². The first-order valence-corrected chi connectivity index (χ1v) is 10.9. The molecule has 1 amide bonds. The summed E-state index contributed by atoms with van der Waals surface area (Å²) in [7, 11) is 1.56. The summed E-state index contributed by atoms with van der Waals surface area (Å²) in [5.74, 6) is 1.76. The van der Waals surface area contributed by atoms with Gasteiger partial charge in [0.1, 0.15) is 5.75 Å². The Hall–Kier alpha value is -2.78. The van der Waals surface area contributed by atoms with Gasteiger partial charge in [0.05, 0.1) is 22.3 Å². The molecule has 1 aliphatic rings. The number of ether oxygens (including phenoxy) is 3. The Morgan fingerprint density at radius 3 is 2.55 bits per heavy atom. The Labute approximate surface area is 196 Å². The third-order valence-corrected chi connectivity index (χ3v) is 6.10. The number of rotatable bonds is 5. The summed E-state index contributed by atoms with van der Waals surface area (Å²) in [4.78, 5) is 12.5. The molecule has 1 aliphatic heterocycles. The molecule has 0 aliphatic carbocycles. The van der Waals surface area contributed by atoms with Crippen LogP contribution in [0.25, 0.3) is 5.69 Å². The monoisotopic (exact) mass is 547 g/mol. The average molecular weight is 549 g/mol. The van der Waals surface area contributed by atoms with Gasteiger partial charge < -0.3 is 18.8 Å². The second-order valence-electron chi connectivity index (χ2n) is 6.87. The number of hydrogen-bond donors (Lipinski definition) is 1. The highest BCUT2D eigenvalue weighted by Crippen LogP contribution is 2.35. The van der Waals surface area contributed by atoms with Gasteiger partial charge in [-0.1, -0.05) is 0 Å². The van der Waals surface area contributed by atoms with Crippen molar-refractivity contribution in [1.29, 1.82) is 0 Å². The predicted octanol–water partition coefficient (Wildman–Crippen LogP) is 5.12. The van der Waals surface area contributed by atoms with E-state index in [0.29, 0.717) is 20.3 Å². The summed E-state index contributed by atoms with van der Waals surface area (Å²) in [6.45, 7) is 4.25. The molecule has 2 aromatic carbocycles. The van der Waals surface area contributed by atoms with Gasteiger partial charge >= 0.3 is 0 Å². The van der Waals surface area contributed by atoms with Crippen molar-refractivity contribution in [2.75, 3.05) is 13.9 Å². The van der Waals surface area contributed by atoms with Crippen LogP contribution in [0.1, 0.15) is 27.3 Å². The molecule has 9 heteroatoms. The fraction of sp³-hybridized carbons (Fsp3) is 0.182. The van der Waals surface area contributed by atoms with Crippen LogP contribution in [-0.2, 0) is 0 Å². The molecule has 1 N–H and O–H groups in total. The molecule has 3 aromatic rings. The van der Waals surface area contributed by atoms with E-state index >= 15 is 0 Å². The maximum atomic E-state index is 12.5. The van der Waals surface area contributed by atoms with Gasteiger partial charge in [-0.15, -0.1) is 0 Å². The number of amides is 1. The Morgan fingerprint density at radius 2 is 1.84 bits per heavy atom. The molecule has 2 heterocycles. The Kier molecular flexibility index (Phi) is 6.06. The van der Waals surface area contributed by atoms with Crippen molar-refractivity contribution in [2.45, 2.75) is 13.8 Å². The first kappa shape index (κ1) is 21.5. The molecular weight excluding hydrogens is 530 g/mol. The number of nitrogens with zero attached hydrogens (tertiary/aromatic N) is 2. The number of halogens is 2. The summed E-state index contributed by atoms with van der Waals surface area (Å²) < 4.78 is 19.6. The first-order valence-electron chi connectivity index (χ1n) is 9.34. The summed E-state index contributed by atoms with van der Waals surface area (Å²) >= 11 is 6.80. The van der Waals surface area contributed by atoms with E-state index in [1.165, 1.54) is 0 Å². The van der Waals surface area contributed by atoms with E-state index in [2.05, 4.69) is 47.0 Å². The fourth-order valence-corrected chi connectivity index (χ4v) is 4.96. The van der Waals surface area contributed by atoms with Crippen LogP contribution in [0.5, 0.6) is 17.2 Å². The van der Waals surface area contributed by atoms with Crippen molar-refractivity contribution in [2.24, 2.45) is 5.10 Å². The lowest BCUT2D eigenvalue weighted by Crippen LogP contribution is -2.17. The fourth-order valence-electron chi connectivity index (χ4n) is 3.45. The number of carbonyl (C=O) groups is 1. The zero-order valence-electron chi connectivity index (χ0n) is 17.0. The number of methoxy groups -OCH3 is 1. The lowest BCUT2D eigenvalue weighted by Gasteiger charge is -2.10. The van der Waals surface area contributed by atoms with E-state index in [1.807, 2.05) is 38.1 Å². The molecule has 0 saturated carbocycles. The van der Waals surface area contributed by atoms with Crippen LogP contribution in [0.15, 0.2) is 50.4 Å². The van der Waals surface area contributed by atoms with E-state index in [4.69, 9.17) is 14.2 Å². The van der Waals surface area contributed by atoms with Crippen molar-refractivity contribution < 1.29 is 19.0 Å². The molecule has 0 atom stereocenters. The smallest absolute Gasteiger partial charge is 0.271 e. The molecule has 4 rings (SSSR count). The lowest BCUT2D eigenvalue weighted by atomic mass is 10.2. The number of benzene rings is 2. The summed E-state index contributed by atoms with van der Waals surface area (Å²) in [5, 5.41) is 4.14. The lowest BCUT2D eigenvalue weighted by molar-refractivity contribution is 0.0955. The summed E-state index contributed by atoms with van der Waals surface area (Å²) in [6, 6.07) is 11.2. The molecule has 0 spiro atoms. The molecule has 0 unspecified atom stereocenters. The predicted molar refractivity (Wildman–Crippen MR) is 125 cm³/mol. The Morgan fingerprint density at radius 1 is 1.13 bits per heavy atom. The van der Waals surface area contributed by atoms with Gasteiger partial charge in [0.25, 0.3) is 5.91 Å². The molecule has 0 saturated heterocycles.